The highest BCUT2D eigenvalue weighted by Gasteiger charge is 2.47. The minimum atomic E-state index is 0.0917. The molecule has 3 rings (SSSR count). The van der Waals surface area contributed by atoms with Crippen LogP contribution in [0.15, 0.2) is 0 Å². The maximum absolute atomic E-state index is 6.34. The Kier molecular flexibility index (Phi) is 8.89. The SMILES string of the molecule is CCCCOC(C)(C)C1CCC([S+](C2CCCCC2)C2CCCCC2)CC1. The second-order valence-electron chi connectivity index (χ2n) is 10.2. The molecule has 0 heterocycles. The summed E-state index contributed by atoms with van der Waals surface area (Å²) >= 11 is 0. The van der Waals surface area contributed by atoms with Crippen molar-refractivity contribution in [1.29, 1.82) is 0 Å². The van der Waals surface area contributed by atoms with E-state index in [4.69, 9.17) is 4.74 Å². The summed E-state index contributed by atoms with van der Waals surface area (Å²) in [4.78, 5) is 0. The van der Waals surface area contributed by atoms with Crippen molar-refractivity contribution in [3.05, 3.63) is 0 Å². The highest BCUT2D eigenvalue weighted by Crippen LogP contribution is 2.43. The number of unbranched alkanes of at least 4 members (excludes halogenated alkanes) is 1. The Bertz CT molecular complexity index is 383. The fourth-order valence-electron chi connectivity index (χ4n) is 6.12. The summed E-state index contributed by atoms with van der Waals surface area (Å²) in [5.41, 5.74) is 0.0917. The topological polar surface area (TPSA) is 9.23 Å². The smallest absolute Gasteiger partial charge is 0.118 e. The molecule has 0 N–H and O–H groups in total. The van der Waals surface area contributed by atoms with E-state index in [1.807, 2.05) is 0 Å². The van der Waals surface area contributed by atoms with Crippen LogP contribution in [0.4, 0.5) is 0 Å². The van der Waals surface area contributed by atoms with Gasteiger partial charge >= 0.3 is 0 Å². The van der Waals surface area contributed by atoms with Gasteiger partial charge < -0.3 is 4.74 Å². The van der Waals surface area contributed by atoms with Gasteiger partial charge in [-0.1, -0.05) is 26.2 Å². The van der Waals surface area contributed by atoms with Gasteiger partial charge in [0.25, 0.3) is 0 Å². The molecule has 0 aromatic rings. The maximum atomic E-state index is 6.34. The van der Waals surface area contributed by atoms with E-state index in [0.717, 1.165) is 39.2 Å². The van der Waals surface area contributed by atoms with Gasteiger partial charge in [-0.05, 0) is 114 Å². The molecule has 0 amide bonds. The summed E-state index contributed by atoms with van der Waals surface area (Å²) < 4.78 is 6.34. The van der Waals surface area contributed by atoms with Gasteiger partial charge in [0.2, 0.25) is 0 Å². The first-order chi connectivity index (χ1) is 13.1. The van der Waals surface area contributed by atoms with Crippen LogP contribution >= 0.6 is 0 Å². The zero-order chi connectivity index (χ0) is 19.1. The molecule has 0 atom stereocenters. The summed E-state index contributed by atoms with van der Waals surface area (Å²) in [6.45, 7) is 7.96. The highest BCUT2D eigenvalue weighted by molar-refractivity contribution is 7.98. The predicted molar refractivity (Wildman–Crippen MR) is 122 cm³/mol. The van der Waals surface area contributed by atoms with E-state index in [1.54, 1.807) is 25.7 Å². The summed E-state index contributed by atoms with van der Waals surface area (Å²) in [5, 5.41) is 3.24. The summed E-state index contributed by atoms with van der Waals surface area (Å²) in [7, 11) is 0.727. The van der Waals surface area contributed by atoms with Crippen molar-refractivity contribution < 1.29 is 4.74 Å². The molecule has 0 aromatic heterocycles. The van der Waals surface area contributed by atoms with Crippen LogP contribution < -0.4 is 0 Å². The van der Waals surface area contributed by atoms with E-state index >= 15 is 0 Å². The molecule has 2 heteroatoms. The molecule has 0 saturated heterocycles. The lowest BCUT2D eigenvalue weighted by molar-refractivity contribution is -0.0705. The van der Waals surface area contributed by atoms with Crippen LogP contribution in [0.5, 0.6) is 0 Å². The first kappa shape index (κ1) is 22.0. The van der Waals surface area contributed by atoms with Crippen LogP contribution in [0.3, 0.4) is 0 Å². The molecule has 0 spiro atoms. The molecule has 0 aliphatic heterocycles. The normalized spacial score (nSPS) is 29.3. The zero-order valence-electron chi connectivity index (χ0n) is 18.6. The first-order valence-electron chi connectivity index (χ1n) is 12.5. The van der Waals surface area contributed by atoms with E-state index < -0.39 is 0 Å². The Hall–Kier alpha value is 0.310. The van der Waals surface area contributed by atoms with Crippen molar-refractivity contribution in [1.82, 2.24) is 0 Å². The van der Waals surface area contributed by atoms with Gasteiger partial charge in [0.1, 0.15) is 15.7 Å². The molecule has 3 aliphatic carbocycles. The Morgan fingerprint density at radius 2 is 1.19 bits per heavy atom. The van der Waals surface area contributed by atoms with Gasteiger partial charge in [0.05, 0.1) is 5.60 Å². The molecular formula is C25H47OS+. The van der Waals surface area contributed by atoms with Crippen LogP contribution in [0, 0.1) is 5.92 Å². The fraction of sp³-hybridized carbons (Fsp3) is 1.00. The summed E-state index contributed by atoms with van der Waals surface area (Å²) in [5.74, 6) is 0.786. The van der Waals surface area contributed by atoms with Gasteiger partial charge in [0, 0.05) is 6.61 Å². The molecule has 3 fully saturated rings. The second kappa shape index (κ2) is 10.9. The monoisotopic (exact) mass is 395 g/mol. The highest BCUT2D eigenvalue weighted by atomic mass is 32.2. The van der Waals surface area contributed by atoms with Crippen LogP contribution in [-0.2, 0) is 15.6 Å². The van der Waals surface area contributed by atoms with E-state index in [1.165, 1.54) is 77.0 Å². The van der Waals surface area contributed by atoms with Gasteiger partial charge in [-0.2, -0.15) is 0 Å². The van der Waals surface area contributed by atoms with Crippen molar-refractivity contribution in [3.63, 3.8) is 0 Å². The van der Waals surface area contributed by atoms with Gasteiger partial charge in [0.15, 0.2) is 0 Å². The third kappa shape index (κ3) is 6.14. The minimum Gasteiger partial charge on any atom is -0.375 e. The van der Waals surface area contributed by atoms with Crippen molar-refractivity contribution in [3.8, 4) is 0 Å². The molecular weight excluding hydrogens is 348 g/mol. The van der Waals surface area contributed by atoms with Gasteiger partial charge in [-0.15, -0.1) is 0 Å². The quantitative estimate of drug-likeness (QED) is 0.307. The maximum Gasteiger partial charge on any atom is 0.118 e. The molecule has 0 unspecified atom stereocenters. The summed E-state index contributed by atoms with van der Waals surface area (Å²) in [6, 6.07) is 0. The average molecular weight is 396 g/mol. The zero-order valence-corrected chi connectivity index (χ0v) is 19.5. The molecule has 1 nitrogen and oxygen atoms in total. The molecule has 0 radical (unpaired) electrons. The van der Waals surface area contributed by atoms with E-state index in [9.17, 15) is 0 Å². The minimum absolute atomic E-state index is 0.0917. The number of ether oxygens (including phenoxy) is 1. The van der Waals surface area contributed by atoms with E-state index in [-0.39, 0.29) is 5.60 Å². The Labute approximate surface area is 173 Å². The third-order valence-corrected chi connectivity index (χ3v) is 11.6. The molecule has 3 saturated carbocycles. The van der Waals surface area contributed by atoms with Crippen molar-refractivity contribution >= 4 is 10.9 Å². The van der Waals surface area contributed by atoms with Crippen LogP contribution in [-0.4, -0.2) is 28.0 Å². The molecule has 158 valence electrons. The Morgan fingerprint density at radius 3 is 1.67 bits per heavy atom. The average Bonchev–Trinajstić information content (AvgIpc) is 2.70. The van der Waals surface area contributed by atoms with Crippen LogP contribution in [0.1, 0.15) is 124 Å². The number of hydrogen-bond donors (Lipinski definition) is 0. The molecule has 3 aliphatic rings. The lowest BCUT2D eigenvalue weighted by atomic mass is 9.78. The Balaban J connectivity index is 1.58. The summed E-state index contributed by atoms with van der Waals surface area (Å²) in [6.07, 6.45) is 23.7. The van der Waals surface area contributed by atoms with E-state index in [2.05, 4.69) is 20.8 Å². The lowest BCUT2D eigenvalue weighted by Gasteiger charge is -2.41. The molecule has 0 bridgehead atoms. The lowest BCUT2D eigenvalue weighted by Crippen LogP contribution is -2.46. The second-order valence-corrected chi connectivity index (χ2v) is 13.0. The standard InChI is InChI=1S/C25H47OS/c1-4-5-20-26-25(2,3)21-16-18-24(19-17-21)27(22-12-8-6-9-13-22)23-14-10-7-11-15-23/h21-24H,4-20H2,1-3H3/q+1. The number of rotatable bonds is 8. The molecule has 27 heavy (non-hydrogen) atoms. The van der Waals surface area contributed by atoms with Crippen LogP contribution in [0.2, 0.25) is 0 Å². The van der Waals surface area contributed by atoms with Gasteiger partial charge in [-0.3, -0.25) is 0 Å². The third-order valence-electron chi connectivity index (χ3n) is 7.89. The largest absolute Gasteiger partial charge is 0.375 e. The van der Waals surface area contributed by atoms with Crippen molar-refractivity contribution in [2.45, 2.75) is 145 Å². The van der Waals surface area contributed by atoms with Crippen molar-refractivity contribution in [2.24, 2.45) is 5.92 Å². The molecule has 0 aromatic carbocycles. The Morgan fingerprint density at radius 1 is 0.704 bits per heavy atom. The predicted octanol–water partition coefficient (Wildman–Crippen LogP) is 7.42. The van der Waals surface area contributed by atoms with E-state index in [0.29, 0.717) is 0 Å². The fourth-order valence-corrected chi connectivity index (χ4v) is 10.3. The van der Waals surface area contributed by atoms with Crippen molar-refractivity contribution in [2.75, 3.05) is 6.61 Å². The van der Waals surface area contributed by atoms with Gasteiger partial charge in [-0.25, -0.2) is 0 Å². The first-order valence-corrected chi connectivity index (χ1v) is 13.9. The van der Waals surface area contributed by atoms with Crippen LogP contribution in [0.25, 0.3) is 0 Å². The number of hydrogen-bond acceptors (Lipinski definition) is 1.